The third-order valence-corrected chi connectivity index (χ3v) is 3.63. The summed E-state index contributed by atoms with van der Waals surface area (Å²) < 4.78 is 1.50. The van der Waals surface area contributed by atoms with E-state index >= 15 is 0 Å². The number of hydrogen-bond acceptors (Lipinski definition) is 3. The Hall–Kier alpha value is -3.21. The molecule has 0 bridgehead atoms. The van der Waals surface area contributed by atoms with Crippen molar-refractivity contribution in [3.8, 4) is 11.1 Å². The molecule has 0 spiro atoms. The number of hydrogen-bond donors (Lipinski definition) is 1. The van der Waals surface area contributed by atoms with E-state index in [1.54, 1.807) is 12.4 Å². The molecule has 0 aliphatic heterocycles. The number of rotatable bonds is 2. The molecule has 0 saturated heterocycles. The third-order valence-electron chi connectivity index (χ3n) is 3.63. The van der Waals surface area contributed by atoms with Crippen LogP contribution in [0.4, 0.5) is 0 Å². The molecule has 5 nitrogen and oxygen atoms in total. The standard InChI is InChI=1S/C17H11N3O2/c21-17(22)15-8-16-18-9-12(10-20(16)19-15)14-7-3-5-11-4-1-2-6-13(11)14/h1-10H,(H,21,22). The second kappa shape index (κ2) is 4.66. The second-order valence-corrected chi connectivity index (χ2v) is 5.01. The number of aromatic nitrogens is 3. The molecule has 0 aliphatic rings. The van der Waals surface area contributed by atoms with Gasteiger partial charge in [0.15, 0.2) is 11.3 Å². The minimum atomic E-state index is -1.06. The average molecular weight is 289 g/mol. The van der Waals surface area contributed by atoms with Crippen molar-refractivity contribution in [3.63, 3.8) is 0 Å². The SMILES string of the molecule is O=C(O)c1cc2ncc(-c3cccc4ccccc34)cn2n1. The lowest BCUT2D eigenvalue weighted by Crippen LogP contribution is -1.97. The Kier molecular flexibility index (Phi) is 2.66. The summed E-state index contributed by atoms with van der Waals surface area (Å²) in [6.07, 6.45) is 3.54. The van der Waals surface area contributed by atoms with Gasteiger partial charge in [-0.1, -0.05) is 42.5 Å². The molecular weight excluding hydrogens is 278 g/mol. The summed E-state index contributed by atoms with van der Waals surface area (Å²) >= 11 is 0. The molecule has 0 atom stereocenters. The first kappa shape index (κ1) is 12.5. The Morgan fingerprint density at radius 3 is 2.77 bits per heavy atom. The highest BCUT2D eigenvalue weighted by molar-refractivity contribution is 5.96. The number of carboxylic acids is 1. The third kappa shape index (κ3) is 1.91. The molecule has 4 aromatic rings. The lowest BCUT2D eigenvalue weighted by molar-refractivity contribution is 0.0690. The van der Waals surface area contributed by atoms with E-state index in [1.165, 1.54) is 10.6 Å². The van der Waals surface area contributed by atoms with Gasteiger partial charge >= 0.3 is 5.97 Å². The average Bonchev–Trinajstić information content (AvgIpc) is 2.98. The van der Waals surface area contributed by atoms with Gasteiger partial charge in [-0.05, 0) is 16.3 Å². The highest BCUT2D eigenvalue weighted by atomic mass is 16.4. The Bertz CT molecular complexity index is 1020. The Balaban J connectivity index is 1.94. The normalized spacial score (nSPS) is 11.1. The summed E-state index contributed by atoms with van der Waals surface area (Å²) in [5, 5.41) is 15.3. The van der Waals surface area contributed by atoms with Gasteiger partial charge in [-0.15, -0.1) is 0 Å². The zero-order valence-corrected chi connectivity index (χ0v) is 11.5. The molecule has 2 heterocycles. The van der Waals surface area contributed by atoms with Crippen LogP contribution < -0.4 is 0 Å². The first-order valence-corrected chi connectivity index (χ1v) is 6.79. The van der Waals surface area contributed by atoms with Crippen molar-refractivity contribution in [3.05, 3.63) is 66.6 Å². The van der Waals surface area contributed by atoms with Crippen LogP contribution in [0.3, 0.4) is 0 Å². The molecule has 0 aliphatic carbocycles. The van der Waals surface area contributed by atoms with Crippen molar-refractivity contribution in [1.82, 2.24) is 14.6 Å². The molecule has 0 amide bonds. The Morgan fingerprint density at radius 1 is 1.09 bits per heavy atom. The molecule has 2 aromatic heterocycles. The highest BCUT2D eigenvalue weighted by Gasteiger charge is 2.11. The molecule has 4 rings (SSSR count). The van der Waals surface area contributed by atoms with Crippen molar-refractivity contribution >= 4 is 22.4 Å². The van der Waals surface area contributed by atoms with E-state index in [-0.39, 0.29) is 5.69 Å². The number of benzene rings is 2. The van der Waals surface area contributed by atoms with Gasteiger partial charge in [-0.25, -0.2) is 14.3 Å². The smallest absolute Gasteiger partial charge is 0.356 e. The summed E-state index contributed by atoms with van der Waals surface area (Å²) in [7, 11) is 0. The van der Waals surface area contributed by atoms with Crippen LogP contribution in [-0.2, 0) is 0 Å². The van der Waals surface area contributed by atoms with Gasteiger partial charge in [-0.3, -0.25) is 0 Å². The maximum absolute atomic E-state index is 11.0. The van der Waals surface area contributed by atoms with E-state index in [0.29, 0.717) is 5.65 Å². The number of fused-ring (bicyclic) bond motifs is 2. The predicted molar refractivity (Wildman–Crippen MR) is 82.9 cm³/mol. The fourth-order valence-corrected chi connectivity index (χ4v) is 2.60. The maximum atomic E-state index is 11.0. The molecule has 0 radical (unpaired) electrons. The number of nitrogens with zero attached hydrogens (tertiary/aromatic N) is 3. The zero-order valence-electron chi connectivity index (χ0n) is 11.5. The summed E-state index contributed by atoms with van der Waals surface area (Å²) in [5.41, 5.74) is 2.44. The molecule has 5 heteroatoms. The van der Waals surface area contributed by atoms with E-state index in [4.69, 9.17) is 5.11 Å². The largest absolute Gasteiger partial charge is 0.476 e. The first-order chi connectivity index (χ1) is 10.7. The van der Waals surface area contributed by atoms with Gasteiger partial charge in [0.2, 0.25) is 0 Å². The molecule has 106 valence electrons. The molecule has 0 saturated carbocycles. The highest BCUT2D eigenvalue weighted by Crippen LogP contribution is 2.28. The lowest BCUT2D eigenvalue weighted by atomic mass is 10.0. The minimum absolute atomic E-state index is 0.0115. The Labute approximate surface area is 125 Å². The molecule has 0 fully saturated rings. The lowest BCUT2D eigenvalue weighted by Gasteiger charge is -2.06. The summed E-state index contributed by atoms with van der Waals surface area (Å²) in [4.78, 5) is 15.3. The first-order valence-electron chi connectivity index (χ1n) is 6.79. The van der Waals surface area contributed by atoms with Crippen LogP contribution in [-0.4, -0.2) is 25.7 Å². The molecule has 1 N–H and O–H groups in total. The number of aromatic carboxylic acids is 1. The van der Waals surface area contributed by atoms with Crippen LogP contribution in [0.5, 0.6) is 0 Å². The summed E-state index contributed by atoms with van der Waals surface area (Å²) in [6, 6.07) is 15.6. The zero-order chi connectivity index (χ0) is 15.1. The van der Waals surface area contributed by atoms with Crippen molar-refractivity contribution < 1.29 is 9.90 Å². The monoisotopic (exact) mass is 289 g/mol. The van der Waals surface area contributed by atoms with Crippen LogP contribution in [0.1, 0.15) is 10.5 Å². The fourth-order valence-electron chi connectivity index (χ4n) is 2.60. The minimum Gasteiger partial charge on any atom is -0.476 e. The quantitative estimate of drug-likeness (QED) is 0.615. The van der Waals surface area contributed by atoms with Gasteiger partial charge in [0.05, 0.1) is 0 Å². The van der Waals surface area contributed by atoms with Crippen molar-refractivity contribution in [2.75, 3.05) is 0 Å². The Morgan fingerprint density at radius 2 is 1.91 bits per heavy atom. The van der Waals surface area contributed by atoms with E-state index in [0.717, 1.165) is 21.9 Å². The van der Waals surface area contributed by atoms with Gasteiger partial charge in [0.25, 0.3) is 0 Å². The van der Waals surface area contributed by atoms with Crippen LogP contribution in [0.2, 0.25) is 0 Å². The number of carboxylic acid groups (broad SMARTS) is 1. The van der Waals surface area contributed by atoms with Gasteiger partial charge in [0.1, 0.15) is 0 Å². The maximum Gasteiger partial charge on any atom is 0.356 e. The molecule has 0 unspecified atom stereocenters. The molecule has 2 aromatic carbocycles. The van der Waals surface area contributed by atoms with E-state index in [1.807, 2.05) is 24.3 Å². The molecule has 22 heavy (non-hydrogen) atoms. The second-order valence-electron chi connectivity index (χ2n) is 5.01. The van der Waals surface area contributed by atoms with Crippen LogP contribution in [0.25, 0.3) is 27.5 Å². The van der Waals surface area contributed by atoms with Crippen LogP contribution in [0.15, 0.2) is 60.9 Å². The molecular formula is C17H11N3O2. The van der Waals surface area contributed by atoms with E-state index in [9.17, 15) is 4.79 Å². The van der Waals surface area contributed by atoms with Crippen molar-refractivity contribution in [2.24, 2.45) is 0 Å². The predicted octanol–water partition coefficient (Wildman–Crippen LogP) is 3.25. The van der Waals surface area contributed by atoms with Crippen molar-refractivity contribution in [2.45, 2.75) is 0 Å². The summed E-state index contributed by atoms with van der Waals surface area (Å²) in [6.45, 7) is 0. The van der Waals surface area contributed by atoms with Crippen LogP contribution >= 0.6 is 0 Å². The van der Waals surface area contributed by atoms with Gasteiger partial charge in [-0.2, -0.15) is 5.10 Å². The van der Waals surface area contributed by atoms with E-state index in [2.05, 4.69) is 28.3 Å². The fraction of sp³-hybridized carbons (Fsp3) is 0. The van der Waals surface area contributed by atoms with Gasteiger partial charge in [0, 0.05) is 24.0 Å². The summed E-state index contributed by atoms with van der Waals surface area (Å²) in [5.74, 6) is -1.06. The topological polar surface area (TPSA) is 67.5 Å². The van der Waals surface area contributed by atoms with Crippen LogP contribution in [0, 0.1) is 0 Å². The number of carbonyl (C=O) groups is 1. The van der Waals surface area contributed by atoms with E-state index < -0.39 is 5.97 Å². The van der Waals surface area contributed by atoms with Gasteiger partial charge < -0.3 is 5.11 Å². The van der Waals surface area contributed by atoms with Crippen molar-refractivity contribution in [1.29, 1.82) is 0 Å².